The van der Waals surface area contributed by atoms with Crippen LogP contribution in [0.5, 0.6) is 5.75 Å². The van der Waals surface area contributed by atoms with E-state index in [0.717, 1.165) is 17.9 Å². The third kappa shape index (κ3) is 5.61. The van der Waals surface area contributed by atoms with Gasteiger partial charge < -0.3 is 9.47 Å². The Kier molecular flexibility index (Phi) is 7.09. The van der Waals surface area contributed by atoms with Crippen molar-refractivity contribution in [1.82, 2.24) is 4.90 Å². The molecule has 0 unspecified atom stereocenters. The zero-order valence-electron chi connectivity index (χ0n) is 12.9. The molecule has 0 bridgehead atoms. The largest absolute Gasteiger partial charge is 0.494 e. The van der Waals surface area contributed by atoms with Gasteiger partial charge in [0.15, 0.2) is 0 Å². The second-order valence-corrected chi connectivity index (χ2v) is 4.88. The van der Waals surface area contributed by atoms with Crippen LogP contribution in [0.15, 0.2) is 24.3 Å². The predicted molar refractivity (Wildman–Crippen MR) is 79.8 cm³/mol. The van der Waals surface area contributed by atoms with Crippen molar-refractivity contribution in [3.63, 3.8) is 0 Å². The van der Waals surface area contributed by atoms with Gasteiger partial charge in [0.1, 0.15) is 5.75 Å². The molecule has 0 heterocycles. The number of carbonyl (C=O) groups excluding carboxylic acids is 1. The van der Waals surface area contributed by atoms with Crippen LogP contribution >= 0.6 is 0 Å². The Balaban J connectivity index is 2.63. The second-order valence-electron chi connectivity index (χ2n) is 4.88. The van der Waals surface area contributed by atoms with E-state index < -0.39 is 0 Å². The Morgan fingerprint density at radius 2 is 1.80 bits per heavy atom. The molecule has 0 saturated carbocycles. The molecule has 0 amide bonds. The number of esters is 1. The first-order valence-corrected chi connectivity index (χ1v) is 7.18. The highest BCUT2D eigenvalue weighted by Gasteiger charge is 2.15. The molecule has 0 aliphatic heterocycles. The fourth-order valence-corrected chi connectivity index (χ4v) is 1.89. The minimum absolute atomic E-state index is 0.174. The lowest BCUT2D eigenvalue weighted by atomic mass is 10.2. The lowest BCUT2D eigenvalue weighted by molar-refractivity contribution is -0.145. The molecule has 112 valence electrons. The molecule has 0 aliphatic rings. The van der Waals surface area contributed by atoms with Gasteiger partial charge in [0.25, 0.3) is 0 Å². The van der Waals surface area contributed by atoms with Crippen molar-refractivity contribution in [3.05, 3.63) is 29.8 Å². The molecule has 0 spiro atoms. The Labute approximate surface area is 121 Å². The molecule has 0 atom stereocenters. The van der Waals surface area contributed by atoms with E-state index in [1.54, 1.807) is 0 Å². The highest BCUT2D eigenvalue weighted by Crippen LogP contribution is 2.14. The first-order chi connectivity index (χ1) is 9.56. The quantitative estimate of drug-likeness (QED) is 0.686. The van der Waals surface area contributed by atoms with Crippen LogP contribution in [0.3, 0.4) is 0 Å². The number of carbonyl (C=O) groups is 1. The summed E-state index contributed by atoms with van der Waals surface area (Å²) in [7, 11) is 0. The standard InChI is InChI=1S/C16H25NO3/c1-5-19-15-9-7-14(8-10-15)11-17(13(3)4)12-16(18)20-6-2/h7-10,13H,5-6,11-12H2,1-4H3. The van der Waals surface area contributed by atoms with Gasteiger partial charge in [-0.05, 0) is 45.4 Å². The van der Waals surface area contributed by atoms with Crippen LogP contribution in [0, 0.1) is 0 Å². The van der Waals surface area contributed by atoms with Crippen molar-refractivity contribution in [2.24, 2.45) is 0 Å². The van der Waals surface area contributed by atoms with Crippen LogP contribution < -0.4 is 4.74 Å². The van der Waals surface area contributed by atoms with E-state index in [-0.39, 0.29) is 12.0 Å². The summed E-state index contributed by atoms with van der Waals surface area (Å²) in [5.41, 5.74) is 1.16. The van der Waals surface area contributed by atoms with Gasteiger partial charge in [0, 0.05) is 12.6 Å². The van der Waals surface area contributed by atoms with Crippen molar-refractivity contribution >= 4 is 5.97 Å². The topological polar surface area (TPSA) is 38.8 Å². The Morgan fingerprint density at radius 1 is 1.15 bits per heavy atom. The lowest BCUT2D eigenvalue weighted by Gasteiger charge is -2.25. The summed E-state index contributed by atoms with van der Waals surface area (Å²) in [6.45, 7) is 10.1. The maximum atomic E-state index is 11.6. The van der Waals surface area contributed by atoms with Crippen molar-refractivity contribution in [2.45, 2.75) is 40.3 Å². The van der Waals surface area contributed by atoms with Gasteiger partial charge in [-0.25, -0.2) is 0 Å². The first-order valence-electron chi connectivity index (χ1n) is 7.18. The molecule has 0 aromatic heterocycles. The maximum Gasteiger partial charge on any atom is 0.320 e. The zero-order valence-corrected chi connectivity index (χ0v) is 12.9. The average molecular weight is 279 g/mol. The molecule has 0 fully saturated rings. The highest BCUT2D eigenvalue weighted by molar-refractivity contribution is 5.71. The highest BCUT2D eigenvalue weighted by atomic mass is 16.5. The van der Waals surface area contributed by atoms with Gasteiger partial charge in [-0.3, -0.25) is 9.69 Å². The van der Waals surface area contributed by atoms with E-state index in [2.05, 4.69) is 18.7 Å². The fraction of sp³-hybridized carbons (Fsp3) is 0.562. The van der Waals surface area contributed by atoms with Crippen LogP contribution in [0.25, 0.3) is 0 Å². The Hall–Kier alpha value is -1.55. The molecule has 1 rings (SSSR count). The summed E-state index contributed by atoms with van der Waals surface area (Å²) in [6.07, 6.45) is 0. The Morgan fingerprint density at radius 3 is 2.30 bits per heavy atom. The molecule has 1 aromatic rings. The SMILES string of the molecule is CCOC(=O)CN(Cc1ccc(OCC)cc1)C(C)C. The molecule has 20 heavy (non-hydrogen) atoms. The third-order valence-electron chi connectivity index (χ3n) is 2.99. The first kappa shape index (κ1) is 16.5. The summed E-state index contributed by atoms with van der Waals surface area (Å²) < 4.78 is 10.4. The van der Waals surface area contributed by atoms with Crippen LogP contribution in [0.2, 0.25) is 0 Å². The van der Waals surface area contributed by atoms with Gasteiger partial charge >= 0.3 is 5.97 Å². The van der Waals surface area contributed by atoms with E-state index in [1.807, 2.05) is 38.1 Å². The fourth-order valence-electron chi connectivity index (χ4n) is 1.89. The van der Waals surface area contributed by atoms with Crippen LogP contribution in [0.4, 0.5) is 0 Å². The van der Waals surface area contributed by atoms with Gasteiger partial charge in [-0.1, -0.05) is 12.1 Å². The minimum atomic E-state index is -0.174. The molecule has 4 nitrogen and oxygen atoms in total. The number of nitrogens with zero attached hydrogens (tertiary/aromatic N) is 1. The van der Waals surface area contributed by atoms with Crippen molar-refractivity contribution in [3.8, 4) is 5.75 Å². The van der Waals surface area contributed by atoms with Crippen molar-refractivity contribution in [1.29, 1.82) is 0 Å². The van der Waals surface area contributed by atoms with E-state index >= 15 is 0 Å². The molecule has 1 aromatic carbocycles. The smallest absolute Gasteiger partial charge is 0.320 e. The molecule has 0 N–H and O–H groups in total. The number of benzene rings is 1. The number of rotatable bonds is 8. The molecule has 0 radical (unpaired) electrons. The van der Waals surface area contributed by atoms with Gasteiger partial charge in [-0.2, -0.15) is 0 Å². The average Bonchev–Trinajstić information content (AvgIpc) is 2.40. The summed E-state index contributed by atoms with van der Waals surface area (Å²) in [5.74, 6) is 0.699. The van der Waals surface area contributed by atoms with Gasteiger partial charge in [-0.15, -0.1) is 0 Å². The van der Waals surface area contributed by atoms with E-state index in [0.29, 0.717) is 19.8 Å². The van der Waals surface area contributed by atoms with Crippen LogP contribution in [-0.4, -0.2) is 36.7 Å². The lowest BCUT2D eigenvalue weighted by Crippen LogP contribution is -2.35. The second kappa shape index (κ2) is 8.59. The number of hydrogen-bond acceptors (Lipinski definition) is 4. The zero-order chi connectivity index (χ0) is 15.0. The molecular formula is C16H25NO3. The summed E-state index contributed by atoms with van der Waals surface area (Å²) in [4.78, 5) is 13.7. The van der Waals surface area contributed by atoms with Crippen molar-refractivity contribution in [2.75, 3.05) is 19.8 Å². The summed E-state index contributed by atoms with van der Waals surface area (Å²) >= 11 is 0. The van der Waals surface area contributed by atoms with Gasteiger partial charge in [0.2, 0.25) is 0 Å². The third-order valence-corrected chi connectivity index (χ3v) is 2.99. The predicted octanol–water partition coefficient (Wildman–Crippen LogP) is 2.86. The number of hydrogen-bond donors (Lipinski definition) is 0. The minimum Gasteiger partial charge on any atom is -0.494 e. The van der Waals surface area contributed by atoms with Gasteiger partial charge in [0.05, 0.1) is 19.8 Å². The van der Waals surface area contributed by atoms with E-state index in [1.165, 1.54) is 0 Å². The Bertz CT molecular complexity index is 401. The molecule has 0 saturated heterocycles. The maximum absolute atomic E-state index is 11.6. The van der Waals surface area contributed by atoms with Crippen molar-refractivity contribution < 1.29 is 14.3 Å². The molecular weight excluding hydrogens is 254 g/mol. The summed E-state index contributed by atoms with van der Waals surface area (Å²) in [5, 5.41) is 0. The molecule has 4 heteroatoms. The van der Waals surface area contributed by atoms with Crippen LogP contribution in [0.1, 0.15) is 33.3 Å². The monoisotopic (exact) mass is 279 g/mol. The number of ether oxygens (including phenoxy) is 2. The molecule has 0 aliphatic carbocycles. The summed E-state index contributed by atoms with van der Waals surface area (Å²) in [6, 6.07) is 8.27. The van der Waals surface area contributed by atoms with E-state index in [9.17, 15) is 4.79 Å². The van der Waals surface area contributed by atoms with Crippen LogP contribution in [-0.2, 0) is 16.1 Å². The van der Waals surface area contributed by atoms with E-state index in [4.69, 9.17) is 9.47 Å². The normalized spacial score (nSPS) is 10.9.